The van der Waals surface area contributed by atoms with Crippen LogP contribution in [0.15, 0.2) is 12.3 Å². The van der Waals surface area contributed by atoms with Gasteiger partial charge in [0.05, 0.1) is 10.6 Å². The van der Waals surface area contributed by atoms with Crippen LogP contribution >= 0.6 is 11.6 Å². The van der Waals surface area contributed by atoms with Gasteiger partial charge in [0.1, 0.15) is 5.82 Å². The second-order valence-electron chi connectivity index (χ2n) is 4.64. The Morgan fingerprint density at radius 1 is 1.56 bits per heavy atom. The standard InChI is InChI=1S/C13H18ClN3O/c1-15-12-7-10(11(14)8-17-12)13(18)16-6-5-9-3-2-4-9/h7-9H,2-6H2,1H3,(H,15,17)(H,16,18). The van der Waals surface area contributed by atoms with E-state index in [1.165, 1.54) is 25.5 Å². The third-order valence-electron chi connectivity index (χ3n) is 3.42. The van der Waals surface area contributed by atoms with Crippen molar-refractivity contribution in [3.63, 3.8) is 0 Å². The van der Waals surface area contributed by atoms with E-state index in [2.05, 4.69) is 15.6 Å². The van der Waals surface area contributed by atoms with E-state index in [1.807, 2.05) is 0 Å². The molecule has 0 aliphatic heterocycles. The van der Waals surface area contributed by atoms with Crippen LogP contribution in [0.3, 0.4) is 0 Å². The minimum absolute atomic E-state index is 0.127. The SMILES string of the molecule is CNc1cc(C(=O)NCCC2CCC2)c(Cl)cn1. The lowest BCUT2D eigenvalue weighted by Gasteiger charge is -2.25. The van der Waals surface area contributed by atoms with Gasteiger partial charge in [0, 0.05) is 19.8 Å². The maximum atomic E-state index is 12.0. The highest BCUT2D eigenvalue weighted by atomic mass is 35.5. The molecule has 0 aromatic carbocycles. The van der Waals surface area contributed by atoms with Crippen LogP contribution in [-0.4, -0.2) is 24.5 Å². The van der Waals surface area contributed by atoms with Gasteiger partial charge in [-0.05, 0) is 18.4 Å². The van der Waals surface area contributed by atoms with Crippen LogP contribution in [0.2, 0.25) is 5.02 Å². The highest BCUT2D eigenvalue weighted by molar-refractivity contribution is 6.33. The first-order valence-corrected chi connectivity index (χ1v) is 6.70. The summed E-state index contributed by atoms with van der Waals surface area (Å²) in [6.45, 7) is 0.719. The molecule has 18 heavy (non-hydrogen) atoms. The molecule has 5 heteroatoms. The van der Waals surface area contributed by atoms with Crippen LogP contribution in [0.4, 0.5) is 5.82 Å². The highest BCUT2D eigenvalue weighted by Gasteiger charge is 2.17. The Bertz CT molecular complexity index is 432. The molecule has 1 aromatic heterocycles. The van der Waals surface area contributed by atoms with Crippen LogP contribution in [-0.2, 0) is 0 Å². The quantitative estimate of drug-likeness (QED) is 0.862. The summed E-state index contributed by atoms with van der Waals surface area (Å²) in [5, 5.41) is 6.19. The van der Waals surface area contributed by atoms with E-state index in [0.29, 0.717) is 16.4 Å². The van der Waals surface area contributed by atoms with Gasteiger partial charge in [-0.25, -0.2) is 4.98 Å². The summed E-state index contributed by atoms with van der Waals surface area (Å²) in [7, 11) is 1.76. The van der Waals surface area contributed by atoms with E-state index in [4.69, 9.17) is 11.6 Å². The summed E-state index contributed by atoms with van der Waals surface area (Å²) >= 11 is 5.98. The number of hydrogen-bond donors (Lipinski definition) is 2. The van der Waals surface area contributed by atoms with Gasteiger partial charge in [-0.3, -0.25) is 4.79 Å². The number of nitrogens with zero attached hydrogens (tertiary/aromatic N) is 1. The molecule has 4 nitrogen and oxygen atoms in total. The minimum Gasteiger partial charge on any atom is -0.373 e. The molecule has 0 bridgehead atoms. The van der Waals surface area contributed by atoms with E-state index in [0.717, 1.165) is 18.9 Å². The third kappa shape index (κ3) is 3.13. The Labute approximate surface area is 112 Å². The van der Waals surface area contributed by atoms with Crippen LogP contribution in [0, 0.1) is 5.92 Å². The van der Waals surface area contributed by atoms with Gasteiger partial charge < -0.3 is 10.6 Å². The average molecular weight is 268 g/mol. The first kappa shape index (κ1) is 13.1. The normalized spacial score (nSPS) is 15.0. The number of pyridine rings is 1. The predicted molar refractivity (Wildman–Crippen MR) is 73.1 cm³/mol. The van der Waals surface area contributed by atoms with Crippen molar-refractivity contribution >= 4 is 23.3 Å². The van der Waals surface area contributed by atoms with Crippen molar-refractivity contribution in [2.24, 2.45) is 5.92 Å². The lowest BCUT2D eigenvalue weighted by molar-refractivity contribution is 0.0949. The molecule has 1 aromatic rings. The van der Waals surface area contributed by atoms with Gasteiger partial charge in [0.2, 0.25) is 0 Å². The molecule has 0 spiro atoms. The number of aromatic nitrogens is 1. The van der Waals surface area contributed by atoms with Crippen LogP contribution in [0.1, 0.15) is 36.0 Å². The lowest BCUT2D eigenvalue weighted by Crippen LogP contribution is -2.27. The van der Waals surface area contributed by atoms with Gasteiger partial charge in [-0.2, -0.15) is 0 Å². The summed E-state index contributed by atoms with van der Waals surface area (Å²) in [5.41, 5.74) is 0.477. The number of carbonyl (C=O) groups is 1. The third-order valence-corrected chi connectivity index (χ3v) is 3.72. The van der Waals surface area contributed by atoms with Crippen LogP contribution in [0.25, 0.3) is 0 Å². The Morgan fingerprint density at radius 2 is 2.33 bits per heavy atom. The van der Waals surface area contributed by atoms with E-state index < -0.39 is 0 Å². The molecule has 1 saturated carbocycles. The number of nitrogens with one attached hydrogen (secondary N) is 2. The van der Waals surface area contributed by atoms with Gasteiger partial charge in [-0.1, -0.05) is 30.9 Å². The Hall–Kier alpha value is -1.29. The first-order chi connectivity index (χ1) is 8.70. The Balaban J connectivity index is 1.90. The van der Waals surface area contributed by atoms with Gasteiger partial charge in [0.25, 0.3) is 5.91 Å². The summed E-state index contributed by atoms with van der Waals surface area (Å²) in [4.78, 5) is 16.0. The Kier molecular flexibility index (Phi) is 4.42. The number of anilines is 1. The van der Waals surface area contributed by atoms with Crippen molar-refractivity contribution in [3.05, 3.63) is 22.8 Å². The zero-order chi connectivity index (χ0) is 13.0. The van der Waals surface area contributed by atoms with Crippen LogP contribution in [0.5, 0.6) is 0 Å². The maximum absolute atomic E-state index is 12.0. The smallest absolute Gasteiger partial charge is 0.252 e. The van der Waals surface area contributed by atoms with E-state index in [-0.39, 0.29) is 5.91 Å². The number of amides is 1. The summed E-state index contributed by atoms with van der Waals surface area (Å²) in [6.07, 6.45) is 6.49. The molecule has 0 atom stereocenters. The molecule has 1 aliphatic carbocycles. The first-order valence-electron chi connectivity index (χ1n) is 6.32. The maximum Gasteiger partial charge on any atom is 0.252 e. The van der Waals surface area contributed by atoms with Gasteiger partial charge >= 0.3 is 0 Å². The van der Waals surface area contributed by atoms with Crippen molar-refractivity contribution in [2.75, 3.05) is 18.9 Å². The van der Waals surface area contributed by atoms with Crippen molar-refractivity contribution in [1.82, 2.24) is 10.3 Å². The van der Waals surface area contributed by atoms with Crippen molar-refractivity contribution < 1.29 is 4.79 Å². The molecule has 2 N–H and O–H groups in total. The molecule has 2 rings (SSSR count). The van der Waals surface area contributed by atoms with Gasteiger partial charge in [-0.15, -0.1) is 0 Å². The fourth-order valence-corrected chi connectivity index (χ4v) is 2.21. The topological polar surface area (TPSA) is 54.0 Å². The van der Waals surface area contributed by atoms with Crippen LogP contribution < -0.4 is 10.6 Å². The molecule has 1 fully saturated rings. The second kappa shape index (κ2) is 6.05. The van der Waals surface area contributed by atoms with E-state index >= 15 is 0 Å². The molecule has 98 valence electrons. The van der Waals surface area contributed by atoms with E-state index in [9.17, 15) is 4.79 Å². The molecule has 0 radical (unpaired) electrons. The number of carbonyl (C=O) groups excluding carboxylic acids is 1. The monoisotopic (exact) mass is 267 g/mol. The zero-order valence-electron chi connectivity index (χ0n) is 10.5. The summed E-state index contributed by atoms with van der Waals surface area (Å²) < 4.78 is 0. The molecular weight excluding hydrogens is 250 g/mol. The fourth-order valence-electron chi connectivity index (χ4n) is 2.02. The number of hydrogen-bond acceptors (Lipinski definition) is 3. The fraction of sp³-hybridized carbons (Fsp3) is 0.538. The molecule has 1 heterocycles. The minimum atomic E-state index is -0.127. The number of rotatable bonds is 5. The van der Waals surface area contributed by atoms with Gasteiger partial charge in [0.15, 0.2) is 0 Å². The zero-order valence-corrected chi connectivity index (χ0v) is 11.3. The molecule has 1 amide bonds. The van der Waals surface area contributed by atoms with E-state index in [1.54, 1.807) is 13.1 Å². The number of halogens is 1. The highest BCUT2D eigenvalue weighted by Crippen LogP contribution is 2.28. The largest absolute Gasteiger partial charge is 0.373 e. The lowest BCUT2D eigenvalue weighted by atomic mass is 9.83. The molecule has 1 aliphatic rings. The summed E-state index contributed by atoms with van der Waals surface area (Å²) in [6, 6.07) is 1.67. The summed E-state index contributed by atoms with van der Waals surface area (Å²) in [5.74, 6) is 1.31. The van der Waals surface area contributed by atoms with Crippen molar-refractivity contribution in [3.8, 4) is 0 Å². The second-order valence-corrected chi connectivity index (χ2v) is 5.05. The predicted octanol–water partition coefficient (Wildman–Crippen LogP) is 2.70. The Morgan fingerprint density at radius 3 is 2.94 bits per heavy atom. The van der Waals surface area contributed by atoms with Crippen molar-refractivity contribution in [1.29, 1.82) is 0 Å². The molecular formula is C13H18ClN3O. The molecule has 0 saturated heterocycles. The molecule has 0 unspecified atom stereocenters. The average Bonchev–Trinajstić information content (AvgIpc) is 2.32. The van der Waals surface area contributed by atoms with Crippen molar-refractivity contribution in [2.45, 2.75) is 25.7 Å².